The molecule has 1 atom stereocenters. The molecule has 0 aliphatic carbocycles. The van der Waals surface area contributed by atoms with E-state index in [9.17, 15) is 14.4 Å². The van der Waals surface area contributed by atoms with Gasteiger partial charge in [-0.1, -0.05) is 210 Å². The fourth-order valence-corrected chi connectivity index (χ4v) is 7.08. The molecule has 352 valence electrons. The van der Waals surface area contributed by atoms with Crippen molar-refractivity contribution in [2.45, 2.75) is 258 Å². The third-order valence-corrected chi connectivity index (χ3v) is 11.0. The number of esters is 3. The Balaban J connectivity index is 4.46. The van der Waals surface area contributed by atoms with Gasteiger partial charge in [0, 0.05) is 19.3 Å². The minimum atomic E-state index is -0.798. The molecule has 6 heteroatoms. The van der Waals surface area contributed by atoms with E-state index in [1.165, 1.54) is 122 Å². The highest BCUT2D eigenvalue weighted by Gasteiger charge is 2.19. The summed E-state index contributed by atoms with van der Waals surface area (Å²) in [6, 6.07) is 0. The molecular formula is C55H96O6. The molecule has 0 aliphatic rings. The Labute approximate surface area is 377 Å². The van der Waals surface area contributed by atoms with Crippen LogP contribution < -0.4 is 0 Å². The second kappa shape index (κ2) is 49.8. The van der Waals surface area contributed by atoms with Crippen molar-refractivity contribution in [3.8, 4) is 0 Å². The molecule has 0 aliphatic heterocycles. The average Bonchev–Trinajstić information content (AvgIpc) is 3.26. The van der Waals surface area contributed by atoms with E-state index in [0.29, 0.717) is 19.3 Å². The molecule has 0 fully saturated rings. The highest BCUT2D eigenvalue weighted by atomic mass is 16.6. The Kier molecular flexibility index (Phi) is 47.4. The Morgan fingerprint density at radius 3 is 1.02 bits per heavy atom. The van der Waals surface area contributed by atoms with Crippen molar-refractivity contribution in [1.29, 1.82) is 0 Å². The summed E-state index contributed by atoms with van der Waals surface area (Å²) in [5.74, 6) is -0.960. The third-order valence-electron chi connectivity index (χ3n) is 11.0. The van der Waals surface area contributed by atoms with E-state index in [4.69, 9.17) is 14.2 Å². The van der Waals surface area contributed by atoms with Crippen LogP contribution in [0.25, 0.3) is 0 Å². The lowest BCUT2D eigenvalue weighted by Gasteiger charge is -2.18. The number of carbonyl (C=O) groups is 3. The van der Waals surface area contributed by atoms with Gasteiger partial charge < -0.3 is 14.2 Å². The molecule has 0 saturated heterocycles. The van der Waals surface area contributed by atoms with Gasteiger partial charge in [-0.15, -0.1) is 0 Å². The minimum absolute atomic E-state index is 0.0940. The summed E-state index contributed by atoms with van der Waals surface area (Å²) in [4.78, 5) is 37.9. The van der Waals surface area contributed by atoms with E-state index in [0.717, 1.165) is 83.5 Å². The summed E-state index contributed by atoms with van der Waals surface area (Å²) in [5.41, 5.74) is 0. The van der Waals surface area contributed by atoms with Crippen LogP contribution in [-0.2, 0) is 28.6 Å². The van der Waals surface area contributed by atoms with Gasteiger partial charge in [0.25, 0.3) is 0 Å². The van der Waals surface area contributed by atoms with Crippen LogP contribution in [0.3, 0.4) is 0 Å². The Morgan fingerprint density at radius 1 is 0.328 bits per heavy atom. The molecule has 0 aromatic carbocycles. The molecule has 0 spiro atoms. The molecule has 0 N–H and O–H groups in total. The van der Waals surface area contributed by atoms with Crippen molar-refractivity contribution >= 4 is 17.9 Å². The van der Waals surface area contributed by atoms with Crippen LogP contribution in [0, 0.1) is 0 Å². The number of allylic oxidation sites excluding steroid dienone is 10. The highest BCUT2D eigenvalue weighted by Crippen LogP contribution is 2.14. The summed E-state index contributed by atoms with van der Waals surface area (Å²) in [6.07, 6.45) is 60.6. The standard InChI is InChI=1S/C55H96O6/c1-4-7-10-13-16-19-22-24-26-27-29-30-33-36-39-42-45-48-54(57)60-51-52(50-59-53(56)47-44-41-38-35-32-21-18-15-12-9-6-3)61-55(58)49-46-43-40-37-34-31-28-25-23-20-17-14-11-8-5-2/h17,20,24-26,28-30,36,39,52H,4-16,18-19,21-23,27,31-35,37-38,40-51H2,1-3H3/b20-17-,26-24-,28-25-,30-29-,39-36-/t52-/m0/s1. The number of hydrogen-bond donors (Lipinski definition) is 0. The van der Waals surface area contributed by atoms with Crippen LogP contribution in [0.1, 0.15) is 252 Å². The first-order valence-electron chi connectivity index (χ1n) is 25.8. The predicted molar refractivity (Wildman–Crippen MR) is 261 cm³/mol. The average molecular weight is 853 g/mol. The SMILES string of the molecule is CCCCC/C=C\C/C=C\CCCCCCCC(=O)O[C@H](COC(=O)CCC/C=C\C/C=C\C/C=C\CCCCCCCC)COC(=O)CCCCCCCCCCCCC. The molecule has 0 radical (unpaired) electrons. The van der Waals surface area contributed by atoms with E-state index < -0.39 is 6.10 Å². The molecule has 0 aromatic heterocycles. The summed E-state index contributed by atoms with van der Waals surface area (Å²) in [6.45, 7) is 6.55. The summed E-state index contributed by atoms with van der Waals surface area (Å²) in [7, 11) is 0. The summed E-state index contributed by atoms with van der Waals surface area (Å²) in [5, 5.41) is 0. The molecule has 0 unspecified atom stereocenters. The molecule has 0 heterocycles. The van der Waals surface area contributed by atoms with Gasteiger partial charge in [0.15, 0.2) is 6.10 Å². The van der Waals surface area contributed by atoms with Gasteiger partial charge in [0.2, 0.25) is 0 Å². The van der Waals surface area contributed by atoms with Crippen LogP contribution in [0.4, 0.5) is 0 Å². The second-order valence-electron chi connectivity index (χ2n) is 17.1. The topological polar surface area (TPSA) is 78.9 Å². The Morgan fingerprint density at radius 2 is 0.607 bits per heavy atom. The third kappa shape index (κ3) is 48.0. The van der Waals surface area contributed by atoms with Gasteiger partial charge in [-0.25, -0.2) is 0 Å². The van der Waals surface area contributed by atoms with E-state index in [1.807, 2.05) is 0 Å². The van der Waals surface area contributed by atoms with Gasteiger partial charge in [0.1, 0.15) is 13.2 Å². The lowest BCUT2D eigenvalue weighted by molar-refractivity contribution is -0.167. The molecule has 0 aromatic rings. The van der Waals surface area contributed by atoms with Crippen LogP contribution in [0.5, 0.6) is 0 Å². The second-order valence-corrected chi connectivity index (χ2v) is 17.1. The summed E-state index contributed by atoms with van der Waals surface area (Å²) < 4.78 is 16.7. The van der Waals surface area contributed by atoms with Crippen molar-refractivity contribution in [3.63, 3.8) is 0 Å². The lowest BCUT2D eigenvalue weighted by Crippen LogP contribution is -2.30. The predicted octanol–water partition coefficient (Wildman–Crippen LogP) is 16.9. The van der Waals surface area contributed by atoms with Gasteiger partial charge in [0.05, 0.1) is 0 Å². The van der Waals surface area contributed by atoms with E-state index in [2.05, 4.69) is 81.5 Å². The number of ether oxygens (including phenoxy) is 3. The zero-order valence-corrected chi connectivity index (χ0v) is 40.2. The van der Waals surface area contributed by atoms with Gasteiger partial charge >= 0.3 is 17.9 Å². The number of hydrogen-bond acceptors (Lipinski definition) is 6. The first-order chi connectivity index (χ1) is 30.0. The van der Waals surface area contributed by atoms with Gasteiger partial charge in [-0.05, 0) is 83.5 Å². The number of unbranched alkanes of at least 4 members (excludes halogenated alkanes) is 25. The van der Waals surface area contributed by atoms with Crippen LogP contribution >= 0.6 is 0 Å². The molecule has 61 heavy (non-hydrogen) atoms. The molecule has 0 amide bonds. The van der Waals surface area contributed by atoms with Crippen LogP contribution in [0.15, 0.2) is 60.8 Å². The maximum absolute atomic E-state index is 12.8. The van der Waals surface area contributed by atoms with Crippen molar-refractivity contribution in [3.05, 3.63) is 60.8 Å². The highest BCUT2D eigenvalue weighted by molar-refractivity contribution is 5.71. The monoisotopic (exact) mass is 853 g/mol. The maximum Gasteiger partial charge on any atom is 0.306 e. The fraction of sp³-hybridized carbons (Fsp3) is 0.764. The van der Waals surface area contributed by atoms with Crippen molar-refractivity contribution in [2.24, 2.45) is 0 Å². The van der Waals surface area contributed by atoms with Crippen LogP contribution in [0.2, 0.25) is 0 Å². The van der Waals surface area contributed by atoms with E-state index in [-0.39, 0.29) is 37.5 Å². The Bertz CT molecular complexity index is 1120. The molecule has 0 bridgehead atoms. The van der Waals surface area contributed by atoms with Crippen molar-refractivity contribution < 1.29 is 28.6 Å². The fourth-order valence-electron chi connectivity index (χ4n) is 7.08. The molecule has 0 saturated carbocycles. The van der Waals surface area contributed by atoms with E-state index in [1.54, 1.807) is 0 Å². The summed E-state index contributed by atoms with van der Waals surface area (Å²) >= 11 is 0. The number of carbonyl (C=O) groups excluding carboxylic acids is 3. The normalized spacial score (nSPS) is 12.5. The molecular weight excluding hydrogens is 757 g/mol. The minimum Gasteiger partial charge on any atom is -0.462 e. The first-order valence-corrected chi connectivity index (χ1v) is 25.8. The zero-order valence-electron chi connectivity index (χ0n) is 40.2. The van der Waals surface area contributed by atoms with Crippen molar-refractivity contribution in [1.82, 2.24) is 0 Å². The quantitative estimate of drug-likeness (QED) is 0.0263. The molecule has 0 rings (SSSR count). The smallest absolute Gasteiger partial charge is 0.306 e. The molecule has 6 nitrogen and oxygen atoms in total. The Hall–Kier alpha value is -2.89. The van der Waals surface area contributed by atoms with E-state index >= 15 is 0 Å². The zero-order chi connectivity index (χ0) is 44.4. The number of rotatable bonds is 46. The maximum atomic E-state index is 12.8. The lowest BCUT2D eigenvalue weighted by atomic mass is 10.1. The van der Waals surface area contributed by atoms with Gasteiger partial charge in [-0.2, -0.15) is 0 Å². The van der Waals surface area contributed by atoms with Crippen LogP contribution in [-0.4, -0.2) is 37.2 Å². The largest absolute Gasteiger partial charge is 0.462 e. The first kappa shape index (κ1) is 58.1. The van der Waals surface area contributed by atoms with Gasteiger partial charge in [-0.3, -0.25) is 14.4 Å². The van der Waals surface area contributed by atoms with Crippen molar-refractivity contribution in [2.75, 3.05) is 13.2 Å².